The van der Waals surface area contributed by atoms with Crippen LogP contribution in [-0.4, -0.2) is 25.5 Å². The Kier molecular flexibility index (Phi) is 4.50. The number of amides is 1. The van der Waals surface area contributed by atoms with Crippen molar-refractivity contribution in [2.24, 2.45) is 0 Å². The molecule has 0 fully saturated rings. The van der Waals surface area contributed by atoms with Crippen LogP contribution in [0.1, 0.15) is 21.6 Å². The fourth-order valence-electron chi connectivity index (χ4n) is 2.97. The average Bonchev–Trinajstić information content (AvgIpc) is 3.13. The monoisotopic (exact) mass is 397 g/mol. The molecule has 3 aromatic heterocycles. The van der Waals surface area contributed by atoms with Crippen LogP contribution in [0.3, 0.4) is 0 Å². The molecule has 1 N–H and O–H groups in total. The standard InChI is InChI=1S/C20H14F3N5O/c1-12-5-4-9-25-18(12)19(29)26-16-8-10-24-17-11-15(27-28(16)17)13-6-2-3-7-14(13)20(21,22)23/h2-11H,1H3,(H,26,29). The summed E-state index contributed by atoms with van der Waals surface area (Å²) in [5.41, 5.74) is 0.470. The van der Waals surface area contributed by atoms with E-state index in [1.54, 1.807) is 19.1 Å². The molecular weight excluding hydrogens is 383 g/mol. The van der Waals surface area contributed by atoms with E-state index >= 15 is 0 Å². The minimum atomic E-state index is -4.52. The van der Waals surface area contributed by atoms with Gasteiger partial charge in [0.2, 0.25) is 0 Å². The number of aromatic nitrogens is 4. The van der Waals surface area contributed by atoms with Gasteiger partial charge in [-0.3, -0.25) is 9.78 Å². The first-order valence-electron chi connectivity index (χ1n) is 8.59. The van der Waals surface area contributed by atoms with Crippen LogP contribution in [0.15, 0.2) is 60.9 Å². The second-order valence-corrected chi connectivity index (χ2v) is 6.30. The second kappa shape index (κ2) is 7.01. The van der Waals surface area contributed by atoms with Gasteiger partial charge in [-0.15, -0.1) is 0 Å². The smallest absolute Gasteiger partial charge is 0.305 e. The minimum absolute atomic E-state index is 0.0663. The summed E-state index contributed by atoms with van der Waals surface area (Å²) in [5, 5.41) is 6.93. The lowest BCUT2D eigenvalue weighted by Gasteiger charge is -2.10. The number of hydrogen-bond donors (Lipinski definition) is 1. The van der Waals surface area contributed by atoms with Crippen LogP contribution in [-0.2, 0) is 6.18 Å². The molecule has 1 amide bonds. The van der Waals surface area contributed by atoms with E-state index in [0.717, 1.165) is 6.07 Å². The topological polar surface area (TPSA) is 72.2 Å². The van der Waals surface area contributed by atoms with E-state index in [1.807, 2.05) is 0 Å². The van der Waals surface area contributed by atoms with Crippen molar-refractivity contribution in [3.05, 3.63) is 77.7 Å². The number of nitrogens with zero attached hydrogens (tertiary/aromatic N) is 4. The molecule has 6 nitrogen and oxygen atoms in total. The van der Waals surface area contributed by atoms with Crippen LogP contribution in [0.4, 0.5) is 19.0 Å². The molecule has 3 heterocycles. The Morgan fingerprint density at radius 3 is 2.59 bits per heavy atom. The van der Waals surface area contributed by atoms with E-state index in [1.165, 1.54) is 47.2 Å². The van der Waals surface area contributed by atoms with E-state index < -0.39 is 17.6 Å². The third kappa shape index (κ3) is 3.54. The SMILES string of the molecule is Cc1cccnc1C(=O)Nc1ccnc2cc(-c3ccccc3C(F)(F)F)nn12. The lowest BCUT2D eigenvalue weighted by Crippen LogP contribution is -2.17. The van der Waals surface area contributed by atoms with Gasteiger partial charge in [0.1, 0.15) is 11.5 Å². The normalized spacial score (nSPS) is 11.6. The summed E-state index contributed by atoms with van der Waals surface area (Å²) >= 11 is 0. The van der Waals surface area contributed by atoms with Crippen molar-refractivity contribution in [1.82, 2.24) is 19.6 Å². The number of carbonyl (C=O) groups is 1. The number of nitrogens with one attached hydrogen (secondary N) is 1. The van der Waals surface area contributed by atoms with Crippen molar-refractivity contribution in [3.8, 4) is 11.3 Å². The van der Waals surface area contributed by atoms with Gasteiger partial charge in [-0.25, -0.2) is 4.98 Å². The molecular formula is C20H14F3N5O. The van der Waals surface area contributed by atoms with Gasteiger partial charge in [0, 0.05) is 24.0 Å². The number of fused-ring (bicyclic) bond motifs is 1. The van der Waals surface area contributed by atoms with Gasteiger partial charge in [-0.2, -0.15) is 22.8 Å². The van der Waals surface area contributed by atoms with Crippen molar-refractivity contribution >= 4 is 17.4 Å². The minimum Gasteiger partial charge on any atom is -0.305 e. The first-order valence-corrected chi connectivity index (χ1v) is 8.59. The molecule has 0 atom stereocenters. The molecule has 0 radical (unpaired) electrons. The molecule has 0 unspecified atom stereocenters. The van der Waals surface area contributed by atoms with E-state index in [0.29, 0.717) is 11.2 Å². The van der Waals surface area contributed by atoms with Gasteiger partial charge >= 0.3 is 6.18 Å². The van der Waals surface area contributed by atoms with E-state index in [-0.39, 0.29) is 22.8 Å². The number of anilines is 1. The maximum Gasteiger partial charge on any atom is 0.417 e. The number of alkyl halides is 3. The molecule has 146 valence electrons. The zero-order valence-corrected chi connectivity index (χ0v) is 15.1. The van der Waals surface area contributed by atoms with Crippen LogP contribution >= 0.6 is 0 Å². The molecule has 0 saturated carbocycles. The summed E-state index contributed by atoms with van der Waals surface area (Å²) in [5.74, 6) is -0.191. The van der Waals surface area contributed by atoms with Crippen LogP contribution in [0.5, 0.6) is 0 Å². The zero-order valence-electron chi connectivity index (χ0n) is 15.1. The second-order valence-electron chi connectivity index (χ2n) is 6.30. The molecule has 0 bridgehead atoms. The number of halogens is 3. The van der Waals surface area contributed by atoms with Crippen molar-refractivity contribution in [1.29, 1.82) is 0 Å². The largest absolute Gasteiger partial charge is 0.417 e. The highest BCUT2D eigenvalue weighted by Crippen LogP contribution is 2.36. The fourth-order valence-corrected chi connectivity index (χ4v) is 2.97. The first kappa shape index (κ1) is 18.6. The van der Waals surface area contributed by atoms with Gasteiger partial charge in [-0.1, -0.05) is 24.3 Å². The summed E-state index contributed by atoms with van der Waals surface area (Å²) < 4.78 is 41.3. The van der Waals surface area contributed by atoms with Crippen molar-refractivity contribution in [2.45, 2.75) is 13.1 Å². The van der Waals surface area contributed by atoms with E-state index in [9.17, 15) is 18.0 Å². The molecule has 0 saturated heterocycles. The quantitative estimate of drug-likeness (QED) is 0.557. The number of pyridine rings is 1. The maximum atomic E-state index is 13.4. The maximum absolute atomic E-state index is 13.4. The molecule has 0 aliphatic carbocycles. The molecule has 4 aromatic rings. The number of rotatable bonds is 3. The van der Waals surface area contributed by atoms with Crippen LogP contribution in [0.25, 0.3) is 16.9 Å². The Balaban J connectivity index is 1.76. The first-order chi connectivity index (χ1) is 13.8. The Morgan fingerprint density at radius 1 is 1.03 bits per heavy atom. The van der Waals surface area contributed by atoms with Gasteiger partial charge in [0.05, 0.1) is 11.3 Å². The van der Waals surface area contributed by atoms with Crippen molar-refractivity contribution in [2.75, 3.05) is 5.32 Å². The Hall–Kier alpha value is -3.75. The summed E-state index contributed by atoms with van der Waals surface area (Å²) in [6.07, 6.45) is -1.57. The van der Waals surface area contributed by atoms with Crippen LogP contribution < -0.4 is 5.32 Å². The van der Waals surface area contributed by atoms with Gasteiger partial charge in [0.15, 0.2) is 5.65 Å². The highest BCUT2D eigenvalue weighted by molar-refractivity contribution is 6.03. The number of aryl methyl sites for hydroxylation is 1. The summed E-state index contributed by atoms with van der Waals surface area (Å²) in [4.78, 5) is 20.8. The van der Waals surface area contributed by atoms with Gasteiger partial charge < -0.3 is 5.32 Å². The summed E-state index contributed by atoms with van der Waals surface area (Å²) in [7, 11) is 0. The van der Waals surface area contributed by atoms with Crippen molar-refractivity contribution < 1.29 is 18.0 Å². The molecule has 4 rings (SSSR count). The Labute approximate surface area is 163 Å². The summed E-state index contributed by atoms with van der Waals surface area (Å²) in [6, 6.07) is 11.6. The Bertz CT molecular complexity index is 1220. The fraction of sp³-hybridized carbons (Fsp3) is 0.100. The molecule has 0 spiro atoms. The summed E-state index contributed by atoms with van der Waals surface area (Å²) in [6.45, 7) is 1.75. The van der Waals surface area contributed by atoms with Gasteiger partial charge in [0.25, 0.3) is 5.91 Å². The lowest BCUT2D eigenvalue weighted by atomic mass is 10.0. The van der Waals surface area contributed by atoms with Crippen LogP contribution in [0, 0.1) is 6.92 Å². The predicted molar refractivity (Wildman–Crippen MR) is 100 cm³/mol. The zero-order chi connectivity index (χ0) is 20.6. The third-order valence-corrected chi connectivity index (χ3v) is 4.33. The molecule has 1 aromatic carbocycles. The third-order valence-electron chi connectivity index (χ3n) is 4.33. The average molecular weight is 397 g/mol. The van der Waals surface area contributed by atoms with Gasteiger partial charge in [-0.05, 0) is 30.7 Å². The molecule has 0 aliphatic heterocycles. The predicted octanol–water partition coefficient (Wildman–Crippen LogP) is 4.37. The van der Waals surface area contributed by atoms with Crippen molar-refractivity contribution in [3.63, 3.8) is 0 Å². The number of benzene rings is 1. The van der Waals surface area contributed by atoms with Crippen LogP contribution in [0.2, 0.25) is 0 Å². The molecule has 0 aliphatic rings. The number of hydrogen-bond acceptors (Lipinski definition) is 4. The highest BCUT2D eigenvalue weighted by atomic mass is 19.4. The molecule has 29 heavy (non-hydrogen) atoms. The number of carbonyl (C=O) groups excluding carboxylic acids is 1. The molecule has 9 heteroatoms. The van der Waals surface area contributed by atoms with E-state index in [2.05, 4.69) is 20.4 Å². The van der Waals surface area contributed by atoms with E-state index in [4.69, 9.17) is 0 Å². The highest BCUT2D eigenvalue weighted by Gasteiger charge is 2.34. The Morgan fingerprint density at radius 2 is 1.83 bits per heavy atom. The lowest BCUT2D eigenvalue weighted by molar-refractivity contribution is -0.137.